The van der Waals surface area contributed by atoms with Gasteiger partial charge in [0.05, 0.1) is 18.1 Å². The van der Waals surface area contributed by atoms with Crippen LogP contribution in [0.15, 0.2) is 34.5 Å². The van der Waals surface area contributed by atoms with E-state index in [9.17, 15) is 14.3 Å². The molecule has 1 aliphatic rings. The smallest absolute Gasteiger partial charge is 0.268 e. The molecule has 0 atom stereocenters. The van der Waals surface area contributed by atoms with E-state index in [-0.39, 0.29) is 35.2 Å². The monoisotopic (exact) mass is 373 g/mol. The fraction of sp³-hybridized carbons (Fsp3) is 0.571. The second-order valence-corrected chi connectivity index (χ2v) is 8.51. The third kappa shape index (κ3) is 3.26. The van der Waals surface area contributed by atoms with Gasteiger partial charge in [-0.1, -0.05) is 45.9 Å². The number of azo groups is 1. The predicted molar refractivity (Wildman–Crippen MR) is 104 cm³/mol. The summed E-state index contributed by atoms with van der Waals surface area (Å²) in [5.41, 5.74) is 0.954. The van der Waals surface area contributed by atoms with Gasteiger partial charge in [-0.25, -0.2) is 0 Å². The summed E-state index contributed by atoms with van der Waals surface area (Å²) >= 11 is 0. The number of hydrogen-bond donors (Lipinski definition) is 1. The third-order valence-electron chi connectivity index (χ3n) is 6.45. The Balaban J connectivity index is 1.86. The van der Waals surface area contributed by atoms with Crippen molar-refractivity contribution in [3.63, 3.8) is 0 Å². The topological polar surface area (TPSA) is 66.9 Å². The largest absolute Gasteiger partial charge is 0.493 e. The zero-order valence-corrected chi connectivity index (χ0v) is 16.5. The van der Waals surface area contributed by atoms with Crippen LogP contribution in [0.1, 0.15) is 47.0 Å². The van der Waals surface area contributed by atoms with Crippen molar-refractivity contribution >= 4 is 22.5 Å². The van der Waals surface area contributed by atoms with Gasteiger partial charge in [-0.3, -0.25) is 9.18 Å². The SMILES string of the molecule is CC1(C)C(C(=O)N=Nc2c(O)n(CCCCCF)c3ccccc23)C1(C)C. The number of alkyl halides is 1. The lowest BCUT2D eigenvalue weighted by atomic mass is 10.0. The number of halogens is 1. The van der Waals surface area contributed by atoms with E-state index in [1.165, 1.54) is 0 Å². The number of aromatic hydroxyl groups is 1. The van der Waals surface area contributed by atoms with Crippen molar-refractivity contribution in [2.75, 3.05) is 6.67 Å². The summed E-state index contributed by atoms with van der Waals surface area (Å²) in [7, 11) is 0. The molecule has 27 heavy (non-hydrogen) atoms. The van der Waals surface area contributed by atoms with Crippen LogP contribution >= 0.6 is 0 Å². The Kier molecular flexibility index (Phi) is 5.10. The number of unbranched alkanes of at least 4 members (excludes halogenated alkanes) is 2. The third-order valence-corrected chi connectivity index (χ3v) is 6.45. The van der Waals surface area contributed by atoms with Crippen LogP contribution in [0.2, 0.25) is 0 Å². The van der Waals surface area contributed by atoms with Crippen molar-refractivity contribution in [2.24, 2.45) is 27.0 Å². The summed E-state index contributed by atoms with van der Waals surface area (Å²) < 4.78 is 14.1. The van der Waals surface area contributed by atoms with Gasteiger partial charge in [0.25, 0.3) is 5.91 Å². The maximum atomic E-state index is 12.5. The van der Waals surface area contributed by atoms with E-state index in [0.717, 1.165) is 23.7 Å². The molecule has 5 nitrogen and oxygen atoms in total. The number of benzene rings is 1. The van der Waals surface area contributed by atoms with Crippen LogP contribution in [-0.4, -0.2) is 22.3 Å². The highest BCUT2D eigenvalue weighted by Crippen LogP contribution is 2.68. The van der Waals surface area contributed by atoms with Crippen molar-refractivity contribution in [3.05, 3.63) is 24.3 Å². The Morgan fingerprint density at radius 3 is 2.44 bits per heavy atom. The highest BCUT2D eigenvalue weighted by atomic mass is 19.1. The predicted octanol–water partition coefficient (Wildman–Crippen LogP) is 5.78. The normalized spacial score (nSPS) is 18.4. The Labute approximate surface area is 159 Å². The number of aryl methyl sites for hydroxylation is 1. The molecule has 0 aliphatic heterocycles. The molecule has 0 bridgehead atoms. The van der Waals surface area contributed by atoms with Crippen molar-refractivity contribution in [2.45, 2.75) is 53.5 Å². The Morgan fingerprint density at radius 2 is 1.81 bits per heavy atom. The molecule has 6 heteroatoms. The van der Waals surface area contributed by atoms with Gasteiger partial charge in [0, 0.05) is 11.9 Å². The van der Waals surface area contributed by atoms with Crippen molar-refractivity contribution in [1.82, 2.24) is 4.57 Å². The maximum absolute atomic E-state index is 12.5. The number of amides is 1. The fourth-order valence-corrected chi connectivity index (χ4v) is 4.11. The van der Waals surface area contributed by atoms with Gasteiger partial charge in [0.2, 0.25) is 5.88 Å². The van der Waals surface area contributed by atoms with E-state index in [4.69, 9.17) is 0 Å². The number of aromatic nitrogens is 1. The Bertz CT molecular complexity index is 869. The van der Waals surface area contributed by atoms with Gasteiger partial charge in [0.1, 0.15) is 0 Å². The molecule has 0 radical (unpaired) electrons. The van der Waals surface area contributed by atoms with Crippen LogP contribution in [0, 0.1) is 16.7 Å². The van der Waals surface area contributed by atoms with Crippen molar-refractivity contribution < 1.29 is 14.3 Å². The number of carbonyl (C=O) groups excluding carboxylic acids is 1. The van der Waals surface area contributed by atoms with Crippen molar-refractivity contribution in [3.8, 4) is 5.88 Å². The molecule has 0 saturated heterocycles. The van der Waals surface area contributed by atoms with Crippen LogP contribution in [0.3, 0.4) is 0 Å². The van der Waals surface area contributed by atoms with Gasteiger partial charge in [-0.2, -0.15) is 0 Å². The molecule has 0 spiro atoms. The number of rotatable bonds is 7. The fourth-order valence-electron chi connectivity index (χ4n) is 4.11. The summed E-state index contributed by atoms with van der Waals surface area (Å²) in [6.07, 6.45) is 2.04. The van der Waals surface area contributed by atoms with Crippen LogP contribution in [0.5, 0.6) is 5.88 Å². The molecule has 2 aromatic rings. The Hall–Kier alpha value is -2.24. The van der Waals surface area contributed by atoms with Gasteiger partial charge < -0.3 is 9.67 Å². The average Bonchev–Trinajstić information content (AvgIpc) is 2.89. The first-order chi connectivity index (χ1) is 12.7. The first kappa shape index (κ1) is 19.5. The van der Waals surface area contributed by atoms with Crippen LogP contribution in [0.4, 0.5) is 10.1 Å². The standard InChI is InChI=1S/C21H28FN3O2/c1-20(2)17(21(20,3)4)18(26)24-23-16-14-10-6-7-11-15(14)25(19(16)27)13-9-5-8-12-22/h6-7,10-11,17,27H,5,8-9,12-13H2,1-4H3. The van der Waals surface area contributed by atoms with Crippen LogP contribution in [0.25, 0.3) is 10.9 Å². The van der Waals surface area contributed by atoms with E-state index < -0.39 is 0 Å². The zero-order chi connectivity index (χ0) is 19.8. The second kappa shape index (κ2) is 7.06. The highest BCUT2D eigenvalue weighted by molar-refractivity contribution is 5.95. The molecular formula is C21H28FN3O2. The van der Waals surface area contributed by atoms with Crippen LogP contribution < -0.4 is 0 Å². The number of carbonyl (C=O) groups is 1. The summed E-state index contributed by atoms with van der Waals surface area (Å²) in [5.74, 6) is -0.406. The molecule has 1 amide bonds. The number of para-hydroxylation sites is 1. The molecule has 1 N–H and O–H groups in total. The number of hydrogen-bond acceptors (Lipinski definition) is 3. The molecule has 1 aromatic carbocycles. The zero-order valence-electron chi connectivity index (χ0n) is 16.5. The summed E-state index contributed by atoms with van der Waals surface area (Å²) in [6, 6.07) is 7.51. The minimum atomic E-state index is -0.326. The minimum absolute atomic E-state index is 0.00214. The quantitative estimate of drug-likeness (QED) is 0.494. The summed E-state index contributed by atoms with van der Waals surface area (Å²) in [5, 5.41) is 19.5. The van der Waals surface area contributed by atoms with Crippen LogP contribution in [-0.2, 0) is 11.3 Å². The first-order valence-corrected chi connectivity index (χ1v) is 9.55. The van der Waals surface area contributed by atoms with E-state index in [1.54, 1.807) is 4.57 Å². The number of nitrogens with zero attached hydrogens (tertiary/aromatic N) is 3. The lowest BCUT2D eigenvalue weighted by Gasteiger charge is -2.06. The number of fused-ring (bicyclic) bond motifs is 1. The molecule has 1 fully saturated rings. The summed E-state index contributed by atoms with van der Waals surface area (Å²) in [4.78, 5) is 12.5. The van der Waals surface area contributed by atoms with Crippen molar-refractivity contribution in [1.29, 1.82) is 0 Å². The average molecular weight is 373 g/mol. The molecule has 0 unspecified atom stereocenters. The molecule has 1 aliphatic carbocycles. The second-order valence-electron chi connectivity index (χ2n) is 8.51. The first-order valence-electron chi connectivity index (χ1n) is 9.55. The van der Waals surface area contributed by atoms with E-state index in [1.807, 2.05) is 24.3 Å². The van der Waals surface area contributed by atoms with E-state index in [0.29, 0.717) is 18.7 Å². The van der Waals surface area contributed by atoms with E-state index in [2.05, 4.69) is 37.9 Å². The summed E-state index contributed by atoms with van der Waals surface area (Å²) in [6.45, 7) is 8.49. The van der Waals surface area contributed by atoms with Gasteiger partial charge in [0.15, 0.2) is 5.69 Å². The molecule has 1 saturated carbocycles. The molecule has 1 heterocycles. The molecular weight excluding hydrogens is 345 g/mol. The van der Waals surface area contributed by atoms with Gasteiger partial charge in [-0.05, 0) is 36.2 Å². The molecule has 146 valence electrons. The van der Waals surface area contributed by atoms with Gasteiger partial charge in [-0.15, -0.1) is 10.2 Å². The Morgan fingerprint density at radius 1 is 1.15 bits per heavy atom. The minimum Gasteiger partial charge on any atom is -0.493 e. The van der Waals surface area contributed by atoms with E-state index >= 15 is 0 Å². The molecule has 3 rings (SSSR count). The lowest BCUT2D eigenvalue weighted by molar-refractivity contribution is -0.120. The lowest BCUT2D eigenvalue weighted by Crippen LogP contribution is -2.02. The van der Waals surface area contributed by atoms with Gasteiger partial charge >= 0.3 is 0 Å². The highest BCUT2D eigenvalue weighted by Gasteiger charge is 2.68. The maximum Gasteiger partial charge on any atom is 0.268 e. The molecule has 1 aromatic heterocycles.